The maximum Gasteiger partial charge on any atom is 0.324 e. The lowest BCUT2D eigenvalue weighted by molar-refractivity contribution is -0.161. The predicted octanol–water partition coefficient (Wildman–Crippen LogP) is 0.822. The SMILES string of the molecule is CCOC(=O)CC(C(=O)OCC)C(C#N)C(=O)OCC. The Kier molecular flexibility index (Phi) is 8.75. The molecule has 0 aliphatic heterocycles. The second-order valence-corrected chi connectivity index (χ2v) is 3.73. The van der Waals surface area contributed by atoms with Crippen molar-refractivity contribution in [2.45, 2.75) is 27.2 Å². The quantitative estimate of drug-likeness (QED) is 0.480. The molecule has 112 valence electrons. The molecule has 0 heterocycles. The van der Waals surface area contributed by atoms with Crippen molar-refractivity contribution in [1.29, 1.82) is 5.26 Å². The van der Waals surface area contributed by atoms with E-state index >= 15 is 0 Å². The molecule has 0 aliphatic carbocycles. The fourth-order valence-corrected chi connectivity index (χ4v) is 1.53. The fourth-order valence-electron chi connectivity index (χ4n) is 1.53. The summed E-state index contributed by atoms with van der Waals surface area (Å²) in [5.41, 5.74) is 0. The largest absolute Gasteiger partial charge is 0.466 e. The minimum Gasteiger partial charge on any atom is -0.466 e. The molecule has 7 heteroatoms. The van der Waals surface area contributed by atoms with Crippen LogP contribution in [-0.2, 0) is 28.6 Å². The topological polar surface area (TPSA) is 103 Å². The van der Waals surface area contributed by atoms with Crippen LogP contribution in [0.1, 0.15) is 27.2 Å². The van der Waals surface area contributed by atoms with Gasteiger partial charge in [-0.2, -0.15) is 5.26 Å². The molecule has 2 atom stereocenters. The highest BCUT2D eigenvalue weighted by molar-refractivity contribution is 5.87. The molecule has 0 fully saturated rings. The molecule has 0 N–H and O–H groups in total. The third kappa shape index (κ3) is 5.69. The molecule has 0 amide bonds. The van der Waals surface area contributed by atoms with E-state index in [0.29, 0.717) is 0 Å². The zero-order valence-corrected chi connectivity index (χ0v) is 11.9. The fraction of sp³-hybridized carbons (Fsp3) is 0.692. The number of hydrogen-bond acceptors (Lipinski definition) is 7. The van der Waals surface area contributed by atoms with E-state index in [1.54, 1.807) is 26.8 Å². The van der Waals surface area contributed by atoms with E-state index in [0.717, 1.165) is 0 Å². The summed E-state index contributed by atoms with van der Waals surface area (Å²) in [6.45, 7) is 5.09. The number of ether oxygens (including phenoxy) is 3. The first-order valence-electron chi connectivity index (χ1n) is 6.40. The smallest absolute Gasteiger partial charge is 0.324 e. The van der Waals surface area contributed by atoms with E-state index in [-0.39, 0.29) is 19.8 Å². The highest BCUT2D eigenvalue weighted by Gasteiger charge is 2.38. The lowest BCUT2D eigenvalue weighted by atomic mass is 9.90. The highest BCUT2D eigenvalue weighted by Crippen LogP contribution is 2.20. The summed E-state index contributed by atoms with van der Waals surface area (Å²) < 4.78 is 14.2. The lowest BCUT2D eigenvalue weighted by Crippen LogP contribution is -2.34. The number of nitrogens with zero attached hydrogens (tertiary/aromatic N) is 1. The van der Waals surface area contributed by atoms with Crippen molar-refractivity contribution < 1.29 is 28.6 Å². The molecule has 0 radical (unpaired) electrons. The van der Waals surface area contributed by atoms with Crippen molar-refractivity contribution in [2.75, 3.05) is 19.8 Å². The van der Waals surface area contributed by atoms with E-state index in [1.807, 2.05) is 0 Å². The van der Waals surface area contributed by atoms with Crippen molar-refractivity contribution in [3.8, 4) is 6.07 Å². The van der Waals surface area contributed by atoms with Crippen molar-refractivity contribution in [3.63, 3.8) is 0 Å². The van der Waals surface area contributed by atoms with Gasteiger partial charge in [-0.15, -0.1) is 0 Å². The first kappa shape index (κ1) is 17.9. The van der Waals surface area contributed by atoms with Gasteiger partial charge in [-0.1, -0.05) is 0 Å². The molecule has 0 spiro atoms. The number of esters is 3. The van der Waals surface area contributed by atoms with Crippen molar-refractivity contribution in [3.05, 3.63) is 0 Å². The van der Waals surface area contributed by atoms with Crippen molar-refractivity contribution in [2.24, 2.45) is 11.8 Å². The second-order valence-electron chi connectivity index (χ2n) is 3.73. The Bertz CT molecular complexity index is 387. The molecule has 7 nitrogen and oxygen atoms in total. The van der Waals surface area contributed by atoms with Gasteiger partial charge in [0.2, 0.25) is 0 Å². The molecule has 2 unspecified atom stereocenters. The van der Waals surface area contributed by atoms with Gasteiger partial charge in [0.05, 0.1) is 38.2 Å². The standard InChI is InChI=1S/C13H19NO6/c1-4-18-11(15)7-9(12(16)19-5-2)10(8-14)13(17)20-6-3/h9-10H,4-7H2,1-3H3. The Morgan fingerprint density at radius 1 is 0.950 bits per heavy atom. The van der Waals surface area contributed by atoms with Gasteiger partial charge in [-0.3, -0.25) is 14.4 Å². The summed E-state index contributed by atoms with van der Waals surface area (Å²) in [6, 6.07) is 1.69. The van der Waals surface area contributed by atoms with Crippen molar-refractivity contribution in [1.82, 2.24) is 0 Å². The monoisotopic (exact) mass is 285 g/mol. The Hall–Kier alpha value is -2.10. The highest BCUT2D eigenvalue weighted by atomic mass is 16.5. The zero-order chi connectivity index (χ0) is 15.5. The number of rotatable bonds is 8. The molecule has 0 rings (SSSR count). The predicted molar refractivity (Wildman–Crippen MR) is 67.1 cm³/mol. The molecular formula is C13H19NO6. The first-order chi connectivity index (χ1) is 9.51. The molecular weight excluding hydrogens is 266 g/mol. The summed E-state index contributed by atoms with van der Waals surface area (Å²) in [4.78, 5) is 34.9. The molecule has 0 aromatic heterocycles. The summed E-state index contributed by atoms with van der Waals surface area (Å²) in [6.07, 6.45) is -0.399. The van der Waals surface area contributed by atoms with E-state index in [4.69, 9.17) is 19.5 Å². The maximum atomic E-state index is 11.8. The van der Waals surface area contributed by atoms with Crippen LogP contribution in [0.15, 0.2) is 0 Å². The van der Waals surface area contributed by atoms with Gasteiger partial charge in [-0.25, -0.2) is 0 Å². The summed E-state index contributed by atoms with van der Waals surface area (Å²) >= 11 is 0. The van der Waals surface area contributed by atoms with Crippen LogP contribution in [-0.4, -0.2) is 37.7 Å². The Morgan fingerprint density at radius 2 is 1.45 bits per heavy atom. The van der Waals surface area contributed by atoms with Crippen LogP contribution in [0.5, 0.6) is 0 Å². The number of carbonyl (C=O) groups is 3. The van der Waals surface area contributed by atoms with Crippen LogP contribution in [0.3, 0.4) is 0 Å². The van der Waals surface area contributed by atoms with E-state index in [1.165, 1.54) is 0 Å². The van der Waals surface area contributed by atoms with E-state index < -0.39 is 36.2 Å². The van der Waals surface area contributed by atoms with Crippen LogP contribution in [0, 0.1) is 23.2 Å². The number of hydrogen-bond donors (Lipinski definition) is 0. The minimum absolute atomic E-state index is 0.0754. The van der Waals surface area contributed by atoms with Crippen LogP contribution in [0.4, 0.5) is 0 Å². The van der Waals surface area contributed by atoms with Crippen LogP contribution < -0.4 is 0 Å². The van der Waals surface area contributed by atoms with Gasteiger partial charge in [0.15, 0.2) is 5.92 Å². The molecule has 0 saturated heterocycles. The van der Waals surface area contributed by atoms with Gasteiger partial charge < -0.3 is 14.2 Å². The second kappa shape index (κ2) is 9.78. The van der Waals surface area contributed by atoms with Crippen LogP contribution in [0.25, 0.3) is 0 Å². The third-order valence-electron chi connectivity index (χ3n) is 2.36. The molecule has 20 heavy (non-hydrogen) atoms. The van der Waals surface area contributed by atoms with Gasteiger partial charge in [0.1, 0.15) is 0 Å². The molecule has 0 saturated carbocycles. The summed E-state index contributed by atoms with van der Waals surface area (Å²) in [5.74, 6) is -4.93. The van der Waals surface area contributed by atoms with E-state index in [9.17, 15) is 14.4 Å². The molecule has 0 aliphatic rings. The maximum absolute atomic E-state index is 11.8. The third-order valence-corrected chi connectivity index (χ3v) is 2.36. The number of nitriles is 1. The van der Waals surface area contributed by atoms with Gasteiger partial charge in [0, 0.05) is 0 Å². The van der Waals surface area contributed by atoms with Gasteiger partial charge in [0.25, 0.3) is 0 Å². The zero-order valence-electron chi connectivity index (χ0n) is 11.9. The molecule has 0 aromatic carbocycles. The van der Waals surface area contributed by atoms with Crippen LogP contribution in [0.2, 0.25) is 0 Å². The first-order valence-corrected chi connectivity index (χ1v) is 6.40. The lowest BCUT2D eigenvalue weighted by Gasteiger charge is -2.18. The van der Waals surface area contributed by atoms with Gasteiger partial charge in [-0.05, 0) is 20.8 Å². The summed E-state index contributed by atoms with van der Waals surface area (Å²) in [7, 11) is 0. The Labute approximate surface area is 117 Å². The normalized spacial score (nSPS) is 12.7. The minimum atomic E-state index is -1.39. The summed E-state index contributed by atoms with van der Waals surface area (Å²) in [5, 5.41) is 9.04. The van der Waals surface area contributed by atoms with Crippen LogP contribution >= 0.6 is 0 Å². The van der Waals surface area contributed by atoms with Crippen molar-refractivity contribution >= 4 is 17.9 Å². The average Bonchev–Trinajstić information content (AvgIpc) is 2.39. The molecule has 0 bridgehead atoms. The average molecular weight is 285 g/mol. The Morgan fingerprint density at radius 3 is 1.90 bits per heavy atom. The van der Waals surface area contributed by atoms with E-state index in [2.05, 4.69) is 0 Å². The molecule has 0 aromatic rings. The number of carbonyl (C=O) groups excluding carboxylic acids is 3. The Balaban J connectivity index is 5.07. The van der Waals surface area contributed by atoms with Gasteiger partial charge >= 0.3 is 17.9 Å².